The molecule has 0 unspecified atom stereocenters. The van der Waals surface area contributed by atoms with E-state index in [0.29, 0.717) is 10.7 Å². The lowest BCUT2D eigenvalue weighted by atomic mass is 10.2. The molecular weight excluding hydrogens is 206 g/mol. The smallest absolute Gasteiger partial charge is 0.394 e. The van der Waals surface area contributed by atoms with Gasteiger partial charge in [-0.2, -0.15) is 0 Å². The number of hydrogen-bond donors (Lipinski definition) is 2. The summed E-state index contributed by atoms with van der Waals surface area (Å²) in [5.41, 5.74) is 1.16. The van der Waals surface area contributed by atoms with Crippen molar-refractivity contribution in [2.24, 2.45) is 0 Å². The standard InChI is InChI=1S/C9H8ClNO3/c1-5-2-3-6(10)4-7(5)11-8(12)9(13)14/h2-4H,1H3,(H,11,12)(H,13,14). The SMILES string of the molecule is Cc1ccc(Cl)cc1NC(=O)C(=O)O. The van der Waals surface area contributed by atoms with Crippen molar-refractivity contribution in [3.63, 3.8) is 0 Å². The fourth-order valence-corrected chi connectivity index (χ4v) is 1.08. The average Bonchev–Trinajstić information content (AvgIpc) is 2.11. The number of halogens is 1. The van der Waals surface area contributed by atoms with Gasteiger partial charge in [-0.25, -0.2) is 4.79 Å². The van der Waals surface area contributed by atoms with E-state index in [-0.39, 0.29) is 0 Å². The van der Waals surface area contributed by atoms with Crippen LogP contribution in [0.25, 0.3) is 0 Å². The number of anilines is 1. The predicted octanol–water partition coefficient (Wildman–Crippen LogP) is 1.67. The van der Waals surface area contributed by atoms with Crippen LogP contribution in [0.2, 0.25) is 5.02 Å². The van der Waals surface area contributed by atoms with E-state index in [1.165, 1.54) is 6.07 Å². The van der Waals surface area contributed by atoms with Crippen molar-refractivity contribution in [2.75, 3.05) is 5.32 Å². The molecule has 0 aliphatic carbocycles. The minimum absolute atomic E-state index is 0.407. The minimum Gasteiger partial charge on any atom is -0.474 e. The number of carboxylic acid groups (broad SMARTS) is 1. The van der Waals surface area contributed by atoms with Gasteiger partial charge in [-0.15, -0.1) is 0 Å². The lowest BCUT2D eigenvalue weighted by Gasteiger charge is -2.05. The van der Waals surface area contributed by atoms with E-state index in [4.69, 9.17) is 16.7 Å². The number of aryl methyl sites for hydroxylation is 1. The van der Waals surface area contributed by atoms with Crippen molar-refractivity contribution < 1.29 is 14.7 Å². The molecule has 0 heterocycles. The highest BCUT2D eigenvalue weighted by Crippen LogP contribution is 2.19. The van der Waals surface area contributed by atoms with Gasteiger partial charge in [0, 0.05) is 10.7 Å². The fraction of sp³-hybridized carbons (Fsp3) is 0.111. The summed E-state index contributed by atoms with van der Waals surface area (Å²) in [5.74, 6) is -2.60. The van der Waals surface area contributed by atoms with Gasteiger partial charge in [0.25, 0.3) is 0 Å². The Labute approximate surface area is 85.5 Å². The Morgan fingerprint density at radius 2 is 2.07 bits per heavy atom. The molecule has 0 aliphatic heterocycles. The number of hydrogen-bond acceptors (Lipinski definition) is 2. The van der Waals surface area contributed by atoms with Crippen molar-refractivity contribution in [1.82, 2.24) is 0 Å². The van der Waals surface area contributed by atoms with E-state index in [0.717, 1.165) is 5.56 Å². The zero-order valence-electron chi connectivity index (χ0n) is 7.37. The van der Waals surface area contributed by atoms with Gasteiger partial charge in [-0.3, -0.25) is 4.79 Å². The molecule has 5 heteroatoms. The van der Waals surface area contributed by atoms with Crippen molar-refractivity contribution in [1.29, 1.82) is 0 Å². The molecule has 0 radical (unpaired) electrons. The van der Waals surface area contributed by atoms with Crippen molar-refractivity contribution in [3.05, 3.63) is 28.8 Å². The van der Waals surface area contributed by atoms with Gasteiger partial charge in [-0.05, 0) is 24.6 Å². The monoisotopic (exact) mass is 213 g/mol. The van der Waals surface area contributed by atoms with Gasteiger partial charge in [0.2, 0.25) is 0 Å². The molecule has 0 atom stereocenters. The quantitative estimate of drug-likeness (QED) is 0.698. The Kier molecular flexibility index (Phi) is 3.09. The minimum atomic E-state index is -1.52. The van der Waals surface area contributed by atoms with Gasteiger partial charge in [0.05, 0.1) is 0 Å². The van der Waals surface area contributed by atoms with E-state index in [2.05, 4.69) is 5.32 Å². The zero-order valence-corrected chi connectivity index (χ0v) is 8.13. The second-order valence-corrected chi connectivity index (χ2v) is 3.15. The van der Waals surface area contributed by atoms with Gasteiger partial charge >= 0.3 is 11.9 Å². The second-order valence-electron chi connectivity index (χ2n) is 2.72. The highest BCUT2D eigenvalue weighted by atomic mass is 35.5. The van der Waals surface area contributed by atoms with Gasteiger partial charge < -0.3 is 10.4 Å². The number of rotatable bonds is 1. The van der Waals surface area contributed by atoms with Crippen LogP contribution in [0.3, 0.4) is 0 Å². The summed E-state index contributed by atoms with van der Waals surface area (Å²) in [6.07, 6.45) is 0. The molecule has 0 saturated heterocycles. The molecule has 1 aromatic rings. The van der Waals surface area contributed by atoms with Gasteiger partial charge in [-0.1, -0.05) is 17.7 Å². The molecular formula is C9H8ClNO3. The third-order valence-corrected chi connectivity index (χ3v) is 1.88. The first-order valence-corrected chi connectivity index (χ1v) is 4.19. The molecule has 1 aromatic carbocycles. The maximum Gasteiger partial charge on any atom is 0.394 e. The second kappa shape index (κ2) is 4.11. The molecule has 2 N–H and O–H groups in total. The molecule has 0 aromatic heterocycles. The molecule has 0 saturated carbocycles. The Hall–Kier alpha value is -1.55. The Bertz CT molecular complexity index is 390. The summed E-state index contributed by atoms with van der Waals surface area (Å²) < 4.78 is 0. The lowest BCUT2D eigenvalue weighted by molar-refractivity contribution is -0.147. The van der Waals surface area contributed by atoms with Gasteiger partial charge in [0.1, 0.15) is 0 Å². The fourth-order valence-electron chi connectivity index (χ4n) is 0.905. The van der Waals surface area contributed by atoms with Crippen LogP contribution in [0.4, 0.5) is 5.69 Å². The average molecular weight is 214 g/mol. The number of carbonyl (C=O) groups excluding carboxylic acids is 1. The van der Waals surface area contributed by atoms with Crippen LogP contribution < -0.4 is 5.32 Å². The molecule has 0 spiro atoms. The van der Waals surface area contributed by atoms with Crippen LogP contribution in [0, 0.1) is 6.92 Å². The van der Waals surface area contributed by atoms with Crippen LogP contribution >= 0.6 is 11.6 Å². The summed E-state index contributed by atoms with van der Waals surface area (Å²) in [7, 11) is 0. The molecule has 4 nitrogen and oxygen atoms in total. The first-order chi connectivity index (χ1) is 6.50. The third kappa shape index (κ3) is 2.47. The van der Waals surface area contributed by atoms with E-state index < -0.39 is 11.9 Å². The zero-order chi connectivity index (χ0) is 10.7. The van der Waals surface area contributed by atoms with E-state index in [1.807, 2.05) is 0 Å². The molecule has 1 rings (SSSR count). The normalized spacial score (nSPS) is 9.57. The summed E-state index contributed by atoms with van der Waals surface area (Å²) in [6, 6.07) is 4.85. The summed E-state index contributed by atoms with van der Waals surface area (Å²) in [4.78, 5) is 21.1. The van der Waals surface area contributed by atoms with Crippen molar-refractivity contribution in [2.45, 2.75) is 6.92 Å². The Balaban J connectivity index is 2.91. The van der Waals surface area contributed by atoms with E-state index in [9.17, 15) is 9.59 Å². The van der Waals surface area contributed by atoms with Crippen molar-refractivity contribution in [3.8, 4) is 0 Å². The largest absolute Gasteiger partial charge is 0.474 e. The number of nitrogens with one attached hydrogen (secondary N) is 1. The first kappa shape index (κ1) is 10.5. The van der Waals surface area contributed by atoms with Gasteiger partial charge in [0.15, 0.2) is 0 Å². The topological polar surface area (TPSA) is 66.4 Å². The van der Waals surface area contributed by atoms with Crippen LogP contribution in [-0.2, 0) is 9.59 Å². The molecule has 0 bridgehead atoms. The maximum atomic E-state index is 10.8. The molecule has 14 heavy (non-hydrogen) atoms. The van der Waals surface area contributed by atoms with E-state index >= 15 is 0 Å². The number of carboxylic acids is 1. The van der Waals surface area contributed by atoms with Crippen LogP contribution in [0.15, 0.2) is 18.2 Å². The lowest BCUT2D eigenvalue weighted by Crippen LogP contribution is -2.22. The summed E-state index contributed by atoms with van der Waals surface area (Å²) >= 11 is 5.68. The number of benzene rings is 1. The molecule has 1 amide bonds. The maximum absolute atomic E-state index is 10.8. The van der Waals surface area contributed by atoms with Crippen LogP contribution in [-0.4, -0.2) is 17.0 Å². The van der Waals surface area contributed by atoms with Crippen molar-refractivity contribution >= 4 is 29.2 Å². The summed E-state index contributed by atoms with van der Waals surface area (Å²) in [6.45, 7) is 1.74. The van der Waals surface area contributed by atoms with E-state index in [1.54, 1.807) is 19.1 Å². The highest BCUT2D eigenvalue weighted by Gasteiger charge is 2.12. The third-order valence-electron chi connectivity index (χ3n) is 1.64. The highest BCUT2D eigenvalue weighted by molar-refractivity contribution is 6.37. The number of carbonyl (C=O) groups is 2. The number of aliphatic carboxylic acids is 1. The Morgan fingerprint density at radius 3 is 2.64 bits per heavy atom. The summed E-state index contributed by atoms with van der Waals surface area (Å²) in [5, 5.41) is 11.0. The predicted molar refractivity (Wildman–Crippen MR) is 52.5 cm³/mol. The molecule has 0 aliphatic rings. The van der Waals surface area contributed by atoms with Crippen LogP contribution in [0.5, 0.6) is 0 Å². The molecule has 0 fully saturated rings. The Morgan fingerprint density at radius 1 is 1.43 bits per heavy atom. The number of amides is 1. The molecule has 74 valence electrons. The van der Waals surface area contributed by atoms with Crippen LogP contribution in [0.1, 0.15) is 5.56 Å². The first-order valence-electron chi connectivity index (χ1n) is 3.81.